The first-order valence-corrected chi connectivity index (χ1v) is 8.98. The monoisotopic (exact) mass is 348 g/mol. The van der Waals surface area contributed by atoms with Crippen molar-refractivity contribution in [2.75, 3.05) is 33.9 Å². The van der Waals surface area contributed by atoms with Gasteiger partial charge in [0.1, 0.15) is 11.5 Å². The molecule has 0 aliphatic carbocycles. The van der Waals surface area contributed by atoms with Gasteiger partial charge in [0.05, 0.1) is 26.9 Å². The summed E-state index contributed by atoms with van der Waals surface area (Å²) in [7, 11) is 3.22. The van der Waals surface area contributed by atoms with Crippen molar-refractivity contribution >= 4 is 5.91 Å². The lowest BCUT2D eigenvalue weighted by molar-refractivity contribution is -0.136. The molecule has 1 aromatic carbocycles. The third-order valence-electron chi connectivity index (χ3n) is 5.34. The third-order valence-corrected chi connectivity index (χ3v) is 5.34. The van der Waals surface area contributed by atoms with Gasteiger partial charge in [-0.15, -0.1) is 0 Å². The molecule has 2 aliphatic rings. The Morgan fingerprint density at radius 3 is 2.64 bits per heavy atom. The average molecular weight is 348 g/mol. The fraction of sp³-hybridized carbons (Fsp3) is 0.632. The van der Waals surface area contributed by atoms with Crippen LogP contribution in [0.15, 0.2) is 12.1 Å². The number of rotatable bonds is 4. The van der Waals surface area contributed by atoms with E-state index in [1.54, 1.807) is 14.2 Å². The van der Waals surface area contributed by atoms with Crippen molar-refractivity contribution in [1.82, 2.24) is 9.80 Å². The molecule has 1 amide bonds. The van der Waals surface area contributed by atoms with Crippen LogP contribution in [-0.2, 0) is 11.3 Å². The van der Waals surface area contributed by atoms with Crippen LogP contribution in [0.4, 0.5) is 0 Å². The Kier molecular flexibility index (Phi) is 5.49. The number of carbonyl (C=O) groups is 1. The van der Waals surface area contributed by atoms with E-state index in [0.717, 1.165) is 36.3 Å². The molecule has 3 rings (SSSR count). The smallest absolute Gasteiger partial charge is 0.236 e. The number of carbonyl (C=O) groups excluding carboxylic acids is 1. The van der Waals surface area contributed by atoms with Gasteiger partial charge in [-0.25, -0.2) is 0 Å². The molecule has 6 heteroatoms. The minimum atomic E-state index is -0.694. The van der Waals surface area contributed by atoms with Crippen LogP contribution in [0.5, 0.6) is 11.5 Å². The Bertz CT molecular complexity index is 634. The zero-order chi connectivity index (χ0) is 18.0. The molecule has 1 fully saturated rings. The summed E-state index contributed by atoms with van der Waals surface area (Å²) in [5, 5.41) is 10.6. The van der Waals surface area contributed by atoms with E-state index in [1.165, 1.54) is 6.42 Å². The fourth-order valence-electron chi connectivity index (χ4n) is 4.02. The third kappa shape index (κ3) is 3.60. The minimum Gasteiger partial charge on any atom is -0.496 e. The number of hydrogen-bond donors (Lipinski definition) is 1. The first-order chi connectivity index (χ1) is 12.0. The van der Waals surface area contributed by atoms with E-state index in [4.69, 9.17) is 9.47 Å². The van der Waals surface area contributed by atoms with Crippen molar-refractivity contribution < 1.29 is 19.4 Å². The molecular weight excluding hydrogens is 320 g/mol. The van der Waals surface area contributed by atoms with Crippen LogP contribution in [0.2, 0.25) is 0 Å². The summed E-state index contributed by atoms with van der Waals surface area (Å²) in [5.74, 6) is 1.53. The molecule has 1 N–H and O–H groups in total. The van der Waals surface area contributed by atoms with Crippen molar-refractivity contribution in [2.24, 2.45) is 0 Å². The summed E-state index contributed by atoms with van der Waals surface area (Å²) in [5.41, 5.74) is 1.68. The lowest BCUT2D eigenvalue weighted by Gasteiger charge is -2.37. The maximum absolute atomic E-state index is 12.7. The molecule has 1 aromatic rings. The van der Waals surface area contributed by atoms with Gasteiger partial charge in [0, 0.05) is 36.8 Å². The summed E-state index contributed by atoms with van der Waals surface area (Å²) < 4.78 is 10.9. The lowest BCUT2D eigenvalue weighted by atomic mass is 9.95. The van der Waals surface area contributed by atoms with Gasteiger partial charge in [-0.05, 0) is 38.3 Å². The number of methoxy groups -OCH3 is 2. The second kappa shape index (κ2) is 7.62. The molecule has 0 aromatic heterocycles. The van der Waals surface area contributed by atoms with E-state index >= 15 is 0 Å². The molecule has 0 bridgehead atoms. The maximum atomic E-state index is 12.7. The molecule has 1 saturated heterocycles. The number of aliphatic hydroxyl groups is 1. The molecular formula is C19H28N2O4. The summed E-state index contributed by atoms with van der Waals surface area (Å²) in [6.07, 6.45) is 2.65. The first-order valence-electron chi connectivity index (χ1n) is 8.98. The van der Waals surface area contributed by atoms with Crippen LogP contribution in [0.25, 0.3) is 0 Å². The molecule has 2 heterocycles. The molecule has 0 unspecified atom stereocenters. The molecule has 0 radical (unpaired) electrons. The predicted molar refractivity (Wildman–Crippen MR) is 94.8 cm³/mol. The van der Waals surface area contributed by atoms with Crippen LogP contribution in [0.3, 0.4) is 0 Å². The van der Waals surface area contributed by atoms with Crippen LogP contribution < -0.4 is 9.47 Å². The highest BCUT2D eigenvalue weighted by Gasteiger charge is 2.32. The molecule has 2 atom stereocenters. The standard InChI is InChI=1S/C19H28N2O4/c1-13-6-4-5-9-21(13)18(23)12-20-10-14-16(24-2)7-8-17(25-3)19(14)15(22)11-20/h7-8,13,15,22H,4-6,9-12H2,1-3H3/t13-,15-/m1/s1. The van der Waals surface area contributed by atoms with E-state index in [1.807, 2.05) is 21.9 Å². The van der Waals surface area contributed by atoms with E-state index in [0.29, 0.717) is 31.4 Å². The summed E-state index contributed by atoms with van der Waals surface area (Å²) >= 11 is 0. The summed E-state index contributed by atoms with van der Waals surface area (Å²) in [4.78, 5) is 16.7. The SMILES string of the molecule is COc1ccc(OC)c2c1CN(CC(=O)N1CCCC[C@H]1C)C[C@H]2O. The number of fused-ring (bicyclic) bond motifs is 1. The van der Waals surface area contributed by atoms with Crippen LogP contribution in [0, 0.1) is 0 Å². The molecule has 2 aliphatic heterocycles. The van der Waals surface area contributed by atoms with Gasteiger partial charge in [0.25, 0.3) is 0 Å². The minimum absolute atomic E-state index is 0.143. The number of nitrogens with zero attached hydrogens (tertiary/aromatic N) is 2. The predicted octanol–water partition coefficient (Wildman–Crippen LogP) is 1.95. The van der Waals surface area contributed by atoms with E-state index < -0.39 is 6.10 Å². The number of benzene rings is 1. The Labute approximate surface area is 149 Å². The highest BCUT2D eigenvalue weighted by atomic mass is 16.5. The Morgan fingerprint density at radius 1 is 1.24 bits per heavy atom. The Balaban J connectivity index is 1.78. The lowest BCUT2D eigenvalue weighted by Crippen LogP contribution is -2.48. The number of likely N-dealkylation sites (tertiary alicyclic amines) is 1. The number of aliphatic hydroxyl groups excluding tert-OH is 1. The topological polar surface area (TPSA) is 62.2 Å². The van der Waals surface area contributed by atoms with Crippen LogP contribution in [-0.4, -0.2) is 60.7 Å². The second-order valence-electron chi connectivity index (χ2n) is 6.98. The summed E-state index contributed by atoms with van der Waals surface area (Å²) in [6, 6.07) is 3.97. The van der Waals surface area contributed by atoms with Crippen molar-refractivity contribution in [1.29, 1.82) is 0 Å². The Hall–Kier alpha value is -1.79. The highest BCUT2D eigenvalue weighted by Crippen LogP contribution is 2.39. The molecule has 138 valence electrons. The Morgan fingerprint density at radius 2 is 1.96 bits per heavy atom. The summed E-state index contributed by atoms with van der Waals surface area (Å²) in [6.45, 7) is 4.27. The number of β-amino-alcohol motifs (C(OH)–C–C–N with tert-alkyl or cyclic N) is 1. The first kappa shape index (κ1) is 18.0. The number of ether oxygens (including phenoxy) is 2. The number of piperidine rings is 1. The van der Waals surface area contributed by atoms with Gasteiger partial charge in [-0.3, -0.25) is 9.69 Å². The zero-order valence-corrected chi connectivity index (χ0v) is 15.3. The van der Waals surface area contributed by atoms with Gasteiger partial charge in [-0.1, -0.05) is 0 Å². The second-order valence-corrected chi connectivity index (χ2v) is 6.98. The van der Waals surface area contributed by atoms with E-state index in [9.17, 15) is 9.90 Å². The van der Waals surface area contributed by atoms with Crippen LogP contribution >= 0.6 is 0 Å². The van der Waals surface area contributed by atoms with Crippen molar-refractivity contribution in [3.8, 4) is 11.5 Å². The highest BCUT2D eigenvalue weighted by molar-refractivity contribution is 5.78. The number of hydrogen-bond acceptors (Lipinski definition) is 5. The van der Waals surface area contributed by atoms with E-state index in [-0.39, 0.29) is 5.91 Å². The van der Waals surface area contributed by atoms with Gasteiger partial charge in [0.2, 0.25) is 5.91 Å². The zero-order valence-electron chi connectivity index (χ0n) is 15.3. The van der Waals surface area contributed by atoms with E-state index in [2.05, 4.69) is 6.92 Å². The average Bonchev–Trinajstić information content (AvgIpc) is 2.61. The van der Waals surface area contributed by atoms with Crippen molar-refractivity contribution in [3.05, 3.63) is 23.3 Å². The van der Waals surface area contributed by atoms with Crippen LogP contribution in [0.1, 0.15) is 43.4 Å². The fourth-order valence-corrected chi connectivity index (χ4v) is 4.02. The van der Waals surface area contributed by atoms with Gasteiger partial charge in [-0.2, -0.15) is 0 Å². The van der Waals surface area contributed by atoms with Gasteiger partial charge < -0.3 is 19.5 Å². The van der Waals surface area contributed by atoms with Crippen molar-refractivity contribution in [3.63, 3.8) is 0 Å². The van der Waals surface area contributed by atoms with Gasteiger partial charge in [0.15, 0.2) is 0 Å². The number of amides is 1. The quantitative estimate of drug-likeness (QED) is 0.901. The molecule has 0 spiro atoms. The normalized spacial score (nSPS) is 23.9. The molecule has 25 heavy (non-hydrogen) atoms. The maximum Gasteiger partial charge on any atom is 0.236 e. The van der Waals surface area contributed by atoms with Crippen molar-refractivity contribution in [2.45, 2.75) is 44.9 Å². The molecule has 6 nitrogen and oxygen atoms in total. The largest absolute Gasteiger partial charge is 0.496 e. The van der Waals surface area contributed by atoms with Gasteiger partial charge >= 0.3 is 0 Å². The molecule has 0 saturated carbocycles.